The van der Waals surface area contributed by atoms with Crippen molar-refractivity contribution in [3.05, 3.63) is 71.8 Å². The molecule has 0 radical (unpaired) electrons. The fraction of sp³-hybridized carbons (Fsp3) is 0.318. The predicted octanol–water partition coefficient (Wildman–Crippen LogP) is 2.95. The van der Waals surface area contributed by atoms with E-state index in [2.05, 4.69) is 6.07 Å². The first kappa shape index (κ1) is 18.8. The van der Waals surface area contributed by atoms with Gasteiger partial charge in [-0.05, 0) is 18.1 Å². The monoisotopic (exact) mass is 363 g/mol. The second-order valence-corrected chi connectivity index (χ2v) is 6.71. The molecule has 2 aromatic rings. The van der Waals surface area contributed by atoms with E-state index in [0.29, 0.717) is 11.1 Å². The van der Waals surface area contributed by atoms with E-state index in [1.807, 2.05) is 6.07 Å². The van der Waals surface area contributed by atoms with Gasteiger partial charge in [0.25, 0.3) is 0 Å². The summed E-state index contributed by atoms with van der Waals surface area (Å²) >= 11 is 0. The normalized spacial score (nSPS) is 27.6. The third kappa shape index (κ3) is 3.36. The Labute approximate surface area is 158 Å². The van der Waals surface area contributed by atoms with Gasteiger partial charge in [-0.2, -0.15) is 5.26 Å². The molecule has 0 aliphatic heterocycles. The number of hydrogen-bond donors (Lipinski definition) is 1. The van der Waals surface area contributed by atoms with Gasteiger partial charge >= 0.3 is 5.97 Å². The molecule has 0 bridgehead atoms. The van der Waals surface area contributed by atoms with Gasteiger partial charge in [0, 0.05) is 12.3 Å². The summed E-state index contributed by atoms with van der Waals surface area (Å²) in [5, 5.41) is 21.4. The summed E-state index contributed by atoms with van der Waals surface area (Å²) in [5.74, 6) is -3.94. The summed E-state index contributed by atoms with van der Waals surface area (Å²) in [4.78, 5) is 25.5. The van der Waals surface area contributed by atoms with E-state index in [9.17, 15) is 20.0 Å². The number of hydrogen-bond acceptors (Lipinski definition) is 5. The SMILES string of the molecule is CCOC(=O)[C@@H]1C(=O)C[C@](O)(c2ccccc2)[C@H](C#N)[C@H]1c1ccccc1. The first-order chi connectivity index (χ1) is 13.0. The second kappa shape index (κ2) is 7.73. The highest BCUT2D eigenvalue weighted by atomic mass is 16.5. The number of aliphatic hydroxyl groups is 1. The second-order valence-electron chi connectivity index (χ2n) is 6.71. The first-order valence-corrected chi connectivity index (χ1v) is 8.94. The summed E-state index contributed by atoms with van der Waals surface area (Å²) in [6.45, 7) is 1.81. The Bertz CT molecular complexity index is 859. The van der Waals surface area contributed by atoms with Gasteiger partial charge in [0.2, 0.25) is 0 Å². The molecule has 0 spiro atoms. The lowest BCUT2D eigenvalue weighted by molar-refractivity contribution is -0.161. The van der Waals surface area contributed by atoms with Gasteiger partial charge in [0.1, 0.15) is 11.5 Å². The highest BCUT2D eigenvalue weighted by Gasteiger charge is 2.56. The molecule has 1 saturated carbocycles. The Morgan fingerprint density at radius 2 is 1.78 bits per heavy atom. The number of carbonyl (C=O) groups excluding carboxylic acids is 2. The van der Waals surface area contributed by atoms with Crippen LogP contribution < -0.4 is 0 Å². The molecule has 1 aliphatic rings. The average Bonchev–Trinajstić information content (AvgIpc) is 2.69. The van der Waals surface area contributed by atoms with Crippen molar-refractivity contribution in [1.29, 1.82) is 5.26 Å². The van der Waals surface area contributed by atoms with Crippen LogP contribution in [-0.2, 0) is 19.9 Å². The number of ether oxygens (including phenoxy) is 1. The summed E-state index contributed by atoms with van der Waals surface area (Å²) in [6, 6.07) is 19.8. The Morgan fingerprint density at radius 3 is 2.33 bits per heavy atom. The van der Waals surface area contributed by atoms with E-state index in [1.54, 1.807) is 61.5 Å². The van der Waals surface area contributed by atoms with E-state index in [0.717, 1.165) is 0 Å². The average molecular weight is 363 g/mol. The van der Waals surface area contributed by atoms with Gasteiger partial charge < -0.3 is 9.84 Å². The van der Waals surface area contributed by atoms with Crippen LogP contribution in [0.1, 0.15) is 30.4 Å². The molecule has 3 rings (SSSR count). The van der Waals surface area contributed by atoms with E-state index in [-0.39, 0.29) is 13.0 Å². The topological polar surface area (TPSA) is 87.4 Å². The Balaban J connectivity index is 2.15. The number of esters is 1. The van der Waals surface area contributed by atoms with Gasteiger partial charge in [-0.25, -0.2) is 0 Å². The fourth-order valence-electron chi connectivity index (χ4n) is 3.94. The van der Waals surface area contributed by atoms with E-state index >= 15 is 0 Å². The third-order valence-corrected chi connectivity index (χ3v) is 5.16. The Kier molecular flexibility index (Phi) is 5.38. The van der Waals surface area contributed by atoms with Crippen LogP contribution in [-0.4, -0.2) is 23.5 Å². The molecule has 0 heterocycles. The van der Waals surface area contributed by atoms with Crippen LogP contribution in [0, 0.1) is 23.2 Å². The lowest BCUT2D eigenvalue weighted by Gasteiger charge is -2.44. The lowest BCUT2D eigenvalue weighted by Crippen LogP contribution is -2.51. The van der Waals surface area contributed by atoms with Crippen LogP contribution in [0.25, 0.3) is 0 Å². The number of rotatable bonds is 4. The van der Waals surface area contributed by atoms with Crippen molar-refractivity contribution in [1.82, 2.24) is 0 Å². The van der Waals surface area contributed by atoms with Gasteiger partial charge in [-0.1, -0.05) is 60.7 Å². The molecule has 4 atom stereocenters. The maximum absolute atomic E-state index is 13.0. The highest BCUT2D eigenvalue weighted by molar-refractivity contribution is 6.01. The molecule has 138 valence electrons. The van der Waals surface area contributed by atoms with Gasteiger partial charge in [0.15, 0.2) is 5.78 Å². The molecule has 1 aliphatic carbocycles. The first-order valence-electron chi connectivity index (χ1n) is 8.94. The summed E-state index contributed by atoms with van der Waals surface area (Å²) in [6.07, 6.45) is -0.304. The predicted molar refractivity (Wildman–Crippen MR) is 98.4 cm³/mol. The minimum absolute atomic E-state index is 0.143. The van der Waals surface area contributed by atoms with Crippen LogP contribution in [0.2, 0.25) is 0 Å². The van der Waals surface area contributed by atoms with Crippen molar-refractivity contribution in [2.45, 2.75) is 24.9 Å². The Hall–Kier alpha value is -2.97. The number of benzene rings is 2. The third-order valence-electron chi connectivity index (χ3n) is 5.16. The van der Waals surface area contributed by atoms with Crippen LogP contribution >= 0.6 is 0 Å². The number of nitriles is 1. The molecule has 0 aromatic heterocycles. The smallest absolute Gasteiger partial charge is 0.317 e. The maximum atomic E-state index is 13.0. The zero-order valence-corrected chi connectivity index (χ0v) is 15.0. The zero-order chi connectivity index (χ0) is 19.4. The van der Waals surface area contributed by atoms with Crippen molar-refractivity contribution in [2.24, 2.45) is 11.8 Å². The standard InChI is InChI=1S/C22H21NO4/c1-2-27-21(25)20-18(24)13-22(26,16-11-7-4-8-12-16)17(14-23)19(20)15-9-5-3-6-10-15/h3-12,17,19-20,26H,2,13H2,1H3/t17-,19-,20-,22+/m1/s1. The molecule has 0 unspecified atom stereocenters. The minimum atomic E-state index is -1.67. The van der Waals surface area contributed by atoms with Crippen molar-refractivity contribution < 1.29 is 19.4 Å². The van der Waals surface area contributed by atoms with Crippen molar-refractivity contribution in [3.63, 3.8) is 0 Å². The number of ketones is 1. The van der Waals surface area contributed by atoms with Crippen LogP contribution in [0.15, 0.2) is 60.7 Å². The van der Waals surface area contributed by atoms with Crippen molar-refractivity contribution >= 4 is 11.8 Å². The molecule has 27 heavy (non-hydrogen) atoms. The number of carbonyl (C=O) groups is 2. The molecule has 5 heteroatoms. The maximum Gasteiger partial charge on any atom is 0.317 e. The van der Waals surface area contributed by atoms with Gasteiger partial charge in [0.05, 0.1) is 18.6 Å². The summed E-state index contributed by atoms with van der Waals surface area (Å²) in [7, 11) is 0. The lowest BCUT2D eigenvalue weighted by atomic mass is 9.60. The van der Waals surface area contributed by atoms with Crippen LogP contribution in [0.5, 0.6) is 0 Å². The molecule has 5 nitrogen and oxygen atoms in total. The number of nitrogens with zero attached hydrogens (tertiary/aromatic N) is 1. The molecular weight excluding hydrogens is 342 g/mol. The van der Waals surface area contributed by atoms with Crippen LogP contribution in [0.3, 0.4) is 0 Å². The summed E-state index contributed by atoms with van der Waals surface area (Å²) in [5.41, 5.74) is -0.519. The molecule has 0 saturated heterocycles. The number of Topliss-reactive ketones (excluding diaryl/α,β-unsaturated/α-hetero) is 1. The summed E-state index contributed by atoms with van der Waals surface area (Å²) < 4.78 is 5.12. The zero-order valence-electron chi connectivity index (χ0n) is 15.0. The van der Waals surface area contributed by atoms with Crippen molar-refractivity contribution in [2.75, 3.05) is 6.61 Å². The molecular formula is C22H21NO4. The Morgan fingerprint density at radius 1 is 1.19 bits per heavy atom. The van der Waals surface area contributed by atoms with E-state index in [1.165, 1.54) is 0 Å². The molecule has 1 fully saturated rings. The largest absolute Gasteiger partial charge is 0.465 e. The fourth-order valence-corrected chi connectivity index (χ4v) is 3.94. The van der Waals surface area contributed by atoms with Gasteiger partial charge in [-0.3, -0.25) is 9.59 Å². The molecule has 2 aromatic carbocycles. The molecule has 1 N–H and O–H groups in total. The van der Waals surface area contributed by atoms with E-state index in [4.69, 9.17) is 4.74 Å². The van der Waals surface area contributed by atoms with E-state index < -0.39 is 35.1 Å². The quantitative estimate of drug-likeness (QED) is 0.666. The molecule has 0 amide bonds. The minimum Gasteiger partial charge on any atom is -0.465 e. The van der Waals surface area contributed by atoms with Gasteiger partial charge in [-0.15, -0.1) is 0 Å². The highest BCUT2D eigenvalue weighted by Crippen LogP contribution is 2.50. The van der Waals surface area contributed by atoms with Crippen molar-refractivity contribution in [3.8, 4) is 6.07 Å². The van der Waals surface area contributed by atoms with Crippen LogP contribution in [0.4, 0.5) is 0 Å².